The molecule has 0 radical (unpaired) electrons. The summed E-state index contributed by atoms with van der Waals surface area (Å²) in [6.45, 7) is 0.803. The molecule has 0 bridgehead atoms. The van der Waals surface area contributed by atoms with Crippen molar-refractivity contribution in [2.24, 2.45) is 0 Å². The first-order chi connectivity index (χ1) is 7.85. The summed E-state index contributed by atoms with van der Waals surface area (Å²) in [5.74, 6) is 0. The Bertz CT molecular complexity index is 286. The van der Waals surface area contributed by atoms with E-state index < -0.39 is 36.6 Å². The molecule has 0 rings (SSSR count). The van der Waals surface area contributed by atoms with Gasteiger partial charge in [-0.05, 0) is 6.92 Å². The van der Waals surface area contributed by atoms with E-state index in [1.54, 1.807) is 0 Å². The summed E-state index contributed by atoms with van der Waals surface area (Å²) < 4.78 is 77.7. The Balaban J connectivity index is 5.00. The van der Waals surface area contributed by atoms with E-state index in [0.717, 1.165) is 14.0 Å². The molecule has 2 N–H and O–H groups in total. The Morgan fingerprint density at radius 1 is 1.22 bits per heavy atom. The van der Waals surface area contributed by atoms with Crippen LogP contribution < -0.4 is 5.32 Å². The van der Waals surface area contributed by atoms with Crippen LogP contribution in [-0.4, -0.2) is 42.3 Å². The molecule has 0 aliphatic carbocycles. The second-order valence-corrected chi connectivity index (χ2v) is 3.53. The van der Waals surface area contributed by atoms with Crippen LogP contribution >= 0.6 is 0 Å². The van der Waals surface area contributed by atoms with Gasteiger partial charge in [-0.25, -0.2) is 4.79 Å². The summed E-state index contributed by atoms with van der Waals surface area (Å²) in [5, 5.41) is 10.6. The normalized spacial score (nSPS) is 15.2. The zero-order chi connectivity index (χ0) is 14.8. The molecule has 0 aliphatic heterocycles. The first-order valence-electron chi connectivity index (χ1n) is 4.59. The fourth-order valence-electron chi connectivity index (χ4n) is 1.09. The zero-order valence-electron chi connectivity index (χ0n) is 9.32. The third-order valence-electron chi connectivity index (χ3n) is 2.03. The molecule has 0 fully saturated rings. The molecule has 1 amide bonds. The van der Waals surface area contributed by atoms with Crippen LogP contribution in [-0.2, 0) is 4.74 Å². The highest BCUT2D eigenvalue weighted by Crippen LogP contribution is 2.46. The Hall–Kier alpha value is -1.19. The summed E-state index contributed by atoms with van der Waals surface area (Å²) in [7, 11) is 1.08. The van der Waals surface area contributed by atoms with E-state index in [0.29, 0.717) is 0 Å². The number of hydrogen-bond acceptors (Lipinski definition) is 3. The van der Waals surface area contributed by atoms with E-state index in [1.807, 2.05) is 5.32 Å². The van der Waals surface area contributed by atoms with Crippen molar-refractivity contribution in [2.45, 2.75) is 37.4 Å². The minimum Gasteiger partial charge on any atom is -0.446 e. The number of carbonyl (C=O) groups excluding carboxylic acids is 1. The van der Waals surface area contributed by atoms with Crippen molar-refractivity contribution in [3.8, 4) is 0 Å². The summed E-state index contributed by atoms with van der Waals surface area (Å²) in [5.41, 5.74) is -4.92. The number of alkyl halides is 6. The average molecular weight is 283 g/mol. The molecule has 0 spiro atoms. The number of ether oxygens (including phenoxy) is 1. The molecule has 0 heterocycles. The molecule has 18 heavy (non-hydrogen) atoms. The number of amides is 1. The van der Waals surface area contributed by atoms with E-state index in [1.165, 1.54) is 0 Å². The van der Waals surface area contributed by atoms with Gasteiger partial charge in [0.2, 0.25) is 0 Å². The Kier molecular flexibility index (Phi) is 4.86. The van der Waals surface area contributed by atoms with Crippen LogP contribution in [0.1, 0.15) is 13.3 Å². The summed E-state index contributed by atoms with van der Waals surface area (Å²) in [4.78, 5) is 10.6. The maximum atomic E-state index is 12.3. The van der Waals surface area contributed by atoms with Gasteiger partial charge in [0.25, 0.3) is 5.60 Å². The molecule has 0 aromatic carbocycles. The molecule has 0 aromatic rings. The van der Waals surface area contributed by atoms with Crippen molar-refractivity contribution in [1.82, 2.24) is 5.32 Å². The first kappa shape index (κ1) is 16.8. The van der Waals surface area contributed by atoms with E-state index in [9.17, 15) is 31.1 Å². The van der Waals surface area contributed by atoms with Crippen LogP contribution in [0.3, 0.4) is 0 Å². The average Bonchev–Trinajstić information content (AvgIpc) is 2.13. The van der Waals surface area contributed by atoms with Gasteiger partial charge in [0, 0.05) is 13.5 Å². The van der Waals surface area contributed by atoms with Crippen LogP contribution in [0.2, 0.25) is 0 Å². The molecule has 0 aromatic heterocycles. The number of hydrogen-bond donors (Lipinski definition) is 2. The van der Waals surface area contributed by atoms with Gasteiger partial charge in [-0.15, -0.1) is 0 Å². The monoisotopic (exact) mass is 283 g/mol. The molecule has 108 valence electrons. The standard InChI is InChI=1S/C8H11F6NO3/c1-4(18-5(16)15-2)3-6(17,7(9,10)11)8(12,13)14/h4,17H,3H2,1-2H3,(H,15,16). The van der Waals surface area contributed by atoms with Gasteiger partial charge in [0.1, 0.15) is 6.10 Å². The lowest BCUT2D eigenvalue weighted by Gasteiger charge is -2.33. The van der Waals surface area contributed by atoms with Crippen LogP contribution in [0.4, 0.5) is 31.1 Å². The predicted molar refractivity (Wildman–Crippen MR) is 46.7 cm³/mol. The number of nitrogens with one attached hydrogen (secondary N) is 1. The Labute approximate surface area is 97.9 Å². The third-order valence-corrected chi connectivity index (χ3v) is 2.03. The number of rotatable bonds is 3. The summed E-state index contributed by atoms with van der Waals surface area (Å²) >= 11 is 0. The largest absolute Gasteiger partial charge is 0.446 e. The lowest BCUT2D eigenvalue weighted by Crippen LogP contribution is -2.58. The highest BCUT2D eigenvalue weighted by Gasteiger charge is 2.70. The molecule has 0 aliphatic rings. The van der Waals surface area contributed by atoms with Crippen molar-refractivity contribution >= 4 is 6.09 Å². The number of aliphatic hydroxyl groups is 1. The molecule has 10 heteroatoms. The summed E-state index contributed by atoms with van der Waals surface area (Å²) in [6.07, 6.45) is -16.7. The van der Waals surface area contributed by atoms with Gasteiger partial charge >= 0.3 is 18.4 Å². The fraction of sp³-hybridized carbons (Fsp3) is 0.875. The van der Waals surface area contributed by atoms with Gasteiger partial charge in [-0.2, -0.15) is 26.3 Å². The quantitative estimate of drug-likeness (QED) is 0.779. The Morgan fingerprint density at radius 3 is 1.89 bits per heavy atom. The number of alkyl carbamates (subject to hydrolysis) is 1. The lowest BCUT2D eigenvalue weighted by molar-refractivity contribution is -0.373. The maximum absolute atomic E-state index is 12.3. The molecule has 0 saturated carbocycles. The SMILES string of the molecule is CNC(=O)OC(C)CC(O)(C(F)(F)F)C(F)(F)F. The van der Waals surface area contributed by atoms with Gasteiger partial charge < -0.3 is 15.2 Å². The first-order valence-corrected chi connectivity index (χ1v) is 4.59. The second kappa shape index (κ2) is 5.21. The second-order valence-electron chi connectivity index (χ2n) is 3.53. The van der Waals surface area contributed by atoms with Gasteiger partial charge in [0.05, 0.1) is 0 Å². The van der Waals surface area contributed by atoms with E-state index in [4.69, 9.17) is 5.11 Å². The van der Waals surface area contributed by atoms with Crippen molar-refractivity contribution < 1.29 is 41.0 Å². The third kappa shape index (κ3) is 3.65. The van der Waals surface area contributed by atoms with Crippen LogP contribution in [0, 0.1) is 0 Å². The van der Waals surface area contributed by atoms with E-state index in [-0.39, 0.29) is 0 Å². The van der Waals surface area contributed by atoms with Gasteiger partial charge in [-0.1, -0.05) is 0 Å². The molecule has 1 atom stereocenters. The highest BCUT2D eigenvalue weighted by molar-refractivity contribution is 5.66. The van der Waals surface area contributed by atoms with Crippen molar-refractivity contribution in [3.63, 3.8) is 0 Å². The maximum Gasteiger partial charge on any atom is 0.426 e. The van der Waals surface area contributed by atoms with Crippen LogP contribution in [0.5, 0.6) is 0 Å². The minimum atomic E-state index is -5.93. The van der Waals surface area contributed by atoms with Crippen LogP contribution in [0.25, 0.3) is 0 Å². The fourth-order valence-corrected chi connectivity index (χ4v) is 1.09. The molecule has 1 unspecified atom stereocenters. The van der Waals surface area contributed by atoms with Gasteiger partial charge in [-0.3, -0.25) is 0 Å². The predicted octanol–water partition coefficient (Wildman–Crippen LogP) is 1.98. The van der Waals surface area contributed by atoms with Crippen molar-refractivity contribution in [2.75, 3.05) is 7.05 Å². The Morgan fingerprint density at radius 2 is 1.61 bits per heavy atom. The lowest BCUT2D eigenvalue weighted by atomic mass is 9.95. The van der Waals surface area contributed by atoms with Gasteiger partial charge in [0.15, 0.2) is 0 Å². The molecular formula is C8H11F6NO3. The zero-order valence-corrected chi connectivity index (χ0v) is 9.32. The van der Waals surface area contributed by atoms with E-state index >= 15 is 0 Å². The van der Waals surface area contributed by atoms with E-state index in [2.05, 4.69) is 4.74 Å². The van der Waals surface area contributed by atoms with Crippen molar-refractivity contribution in [3.05, 3.63) is 0 Å². The highest BCUT2D eigenvalue weighted by atomic mass is 19.4. The molecular weight excluding hydrogens is 272 g/mol. The van der Waals surface area contributed by atoms with Crippen LogP contribution in [0.15, 0.2) is 0 Å². The minimum absolute atomic E-state index is 0.803. The number of halogens is 6. The topological polar surface area (TPSA) is 58.6 Å². The molecule has 4 nitrogen and oxygen atoms in total. The summed E-state index contributed by atoms with van der Waals surface area (Å²) in [6, 6.07) is 0. The smallest absolute Gasteiger partial charge is 0.426 e. The molecule has 0 saturated heterocycles. The van der Waals surface area contributed by atoms with Crippen molar-refractivity contribution in [1.29, 1.82) is 0 Å². The number of carbonyl (C=O) groups is 1.